The second-order valence-corrected chi connectivity index (χ2v) is 2.79. The molecular formula is C10H12FN. The normalized spacial score (nSPS) is 11.8. The average Bonchev–Trinajstić information content (AvgIpc) is 2.03. The summed E-state index contributed by atoms with van der Waals surface area (Å²) in [6.07, 6.45) is 0. The lowest BCUT2D eigenvalue weighted by atomic mass is 10.1. The molecule has 12 heavy (non-hydrogen) atoms. The molecule has 1 rings (SSSR count). The Bertz CT molecular complexity index is 316. The van der Waals surface area contributed by atoms with Crippen molar-refractivity contribution >= 4 is 5.71 Å². The van der Waals surface area contributed by atoms with Crippen LogP contribution in [-0.2, 0) is 0 Å². The van der Waals surface area contributed by atoms with Gasteiger partial charge in [-0.2, -0.15) is 0 Å². The highest BCUT2D eigenvalue weighted by Crippen LogP contribution is 2.10. The Morgan fingerprint density at radius 2 is 2.08 bits per heavy atom. The molecule has 0 aliphatic heterocycles. The summed E-state index contributed by atoms with van der Waals surface area (Å²) in [5, 5.41) is 0. The molecule has 0 unspecified atom stereocenters. The van der Waals surface area contributed by atoms with Crippen molar-refractivity contribution in [3.63, 3.8) is 0 Å². The molecule has 0 N–H and O–H groups in total. The van der Waals surface area contributed by atoms with Crippen molar-refractivity contribution in [3.05, 3.63) is 35.1 Å². The molecule has 1 aromatic rings. The van der Waals surface area contributed by atoms with E-state index in [1.54, 1.807) is 20.0 Å². The number of aryl methyl sites for hydroxylation is 1. The quantitative estimate of drug-likeness (QED) is 0.567. The Labute approximate surface area is 72.0 Å². The van der Waals surface area contributed by atoms with Crippen LogP contribution < -0.4 is 0 Å². The summed E-state index contributed by atoms with van der Waals surface area (Å²) >= 11 is 0. The maximum Gasteiger partial charge on any atom is 0.132 e. The van der Waals surface area contributed by atoms with Gasteiger partial charge < -0.3 is 0 Å². The summed E-state index contributed by atoms with van der Waals surface area (Å²) in [6.45, 7) is 3.67. The first-order valence-electron chi connectivity index (χ1n) is 3.85. The molecule has 0 aromatic heterocycles. The molecule has 1 nitrogen and oxygen atoms in total. The van der Waals surface area contributed by atoms with Gasteiger partial charge in [0.05, 0.1) is 0 Å². The number of hydrogen-bond acceptors (Lipinski definition) is 1. The summed E-state index contributed by atoms with van der Waals surface area (Å²) in [5.74, 6) is -0.196. The molecule has 0 heterocycles. The molecule has 0 fully saturated rings. The third-order valence-electron chi connectivity index (χ3n) is 1.85. The van der Waals surface area contributed by atoms with Crippen molar-refractivity contribution in [1.82, 2.24) is 0 Å². The van der Waals surface area contributed by atoms with Gasteiger partial charge in [0.2, 0.25) is 0 Å². The SMILES string of the molecule is C/N=C(\C)c1ccc(C)cc1F. The van der Waals surface area contributed by atoms with Gasteiger partial charge in [0.15, 0.2) is 0 Å². The van der Waals surface area contributed by atoms with Crippen molar-refractivity contribution in [3.8, 4) is 0 Å². The number of rotatable bonds is 1. The zero-order valence-corrected chi connectivity index (χ0v) is 7.56. The van der Waals surface area contributed by atoms with Crippen LogP contribution in [0.15, 0.2) is 23.2 Å². The minimum atomic E-state index is -0.196. The summed E-state index contributed by atoms with van der Waals surface area (Å²) in [7, 11) is 1.66. The molecule has 0 saturated heterocycles. The monoisotopic (exact) mass is 165 g/mol. The highest BCUT2D eigenvalue weighted by Gasteiger charge is 2.03. The molecule has 0 saturated carbocycles. The van der Waals surface area contributed by atoms with Gasteiger partial charge in [-0.25, -0.2) is 4.39 Å². The van der Waals surface area contributed by atoms with Crippen LogP contribution in [0.1, 0.15) is 18.1 Å². The molecule has 0 amide bonds. The van der Waals surface area contributed by atoms with Crippen molar-refractivity contribution in [2.75, 3.05) is 7.05 Å². The van der Waals surface area contributed by atoms with E-state index in [-0.39, 0.29) is 5.82 Å². The molecular weight excluding hydrogens is 153 g/mol. The summed E-state index contributed by atoms with van der Waals surface area (Å²) < 4.78 is 13.2. The third-order valence-corrected chi connectivity index (χ3v) is 1.85. The predicted octanol–water partition coefficient (Wildman–Crippen LogP) is 2.57. The molecule has 0 aliphatic rings. The molecule has 0 bridgehead atoms. The van der Waals surface area contributed by atoms with E-state index in [9.17, 15) is 4.39 Å². The van der Waals surface area contributed by atoms with Crippen molar-refractivity contribution < 1.29 is 4.39 Å². The number of hydrogen-bond donors (Lipinski definition) is 0. The predicted molar refractivity (Wildman–Crippen MR) is 49.3 cm³/mol. The Balaban J connectivity index is 3.18. The highest BCUT2D eigenvalue weighted by atomic mass is 19.1. The van der Waals surface area contributed by atoms with Gasteiger partial charge in [-0.15, -0.1) is 0 Å². The van der Waals surface area contributed by atoms with E-state index in [1.807, 2.05) is 13.0 Å². The lowest BCUT2D eigenvalue weighted by Gasteiger charge is -2.01. The van der Waals surface area contributed by atoms with E-state index in [1.165, 1.54) is 6.07 Å². The molecule has 0 atom stereocenters. The first-order chi connectivity index (χ1) is 5.65. The lowest BCUT2D eigenvalue weighted by Crippen LogP contribution is -1.98. The van der Waals surface area contributed by atoms with E-state index in [4.69, 9.17) is 0 Å². The highest BCUT2D eigenvalue weighted by molar-refractivity contribution is 5.98. The Kier molecular flexibility index (Phi) is 2.58. The Hall–Kier alpha value is -1.18. The first kappa shape index (κ1) is 8.91. The fraction of sp³-hybridized carbons (Fsp3) is 0.300. The van der Waals surface area contributed by atoms with Crippen LogP contribution in [0.2, 0.25) is 0 Å². The molecule has 2 heteroatoms. The van der Waals surface area contributed by atoms with Crippen molar-refractivity contribution in [2.24, 2.45) is 4.99 Å². The van der Waals surface area contributed by atoms with Crippen LogP contribution in [-0.4, -0.2) is 12.8 Å². The van der Waals surface area contributed by atoms with Crippen LogP contribution in [0.3, 0.4) is 0 Å². The third kappa shape index (κ3) is 1.70. The van der Waals surface area contributed by atoms with Gasteiger partial charge in [0.25, 0.3) is 0 Å². The number of halogens is 1. The second kappa shape index (κ2) is 3.48. The second-order valence-electron chi connectivity index (χ2n) is 2.79. The van der Waals surface area contributed by atoms with Gasteiger partial charge in [0, 0.05) is 18.3 Å². The Morgan fingerprint density at radius 3 is 2.58 bits per heavy atom. The summed E-state index contributed by atoms with van der Waals surface area (Å²) in [4.78, 5) is 3.93. The van der Waals surface area contributed by atoms with Crippen LogP contribution >= 0.6 is 0 Å². The maximum atomic E-state index is 13.2. The smallest absolute Gasteiger partial charge is 0.132 e. The molecule has 0 spiro atoms. The van der Waals surface area contributed by atoms with E-state index >= 15 is 0 Å². The zero-order valence-electron chi connectivity index (χ0n) is 7.56. The standard InChI is InChI=1S/C10H12FN/c1-7-4-5-9(8(2)12-3)10(11)6-7/h4-6H,1-3H3/b12-8+. The zero-order chi connectivity index (χ0) is 9.14. The summed E-state index contributed by atoms with van der Waals surface area (Å²) in [6, 6.07) is 5.16. The summed E-state index contributed by atoms with van der Waals surface area (Å²) in [5.41, 5.74) is 2.25. The van der Waals surface area contributed by atoms with Gasteiger partial charge in [-0.05, 0) is 31.5 Å². The van der Waals surface area contributed by atoms with Crippen molar-refractivity contribution in [2.45, 2.75) is 13.8 Å². The lowest BCUT2D eigenvalue weighted by molar-refractivity contribution is 0.624. The first-order valence-corrected chi connectivity index (χ1v) is 3.85. The number of benzene rings is 1. The largest absolute Gasteiger partial charge is 0.293 e. The van der Waals surface area contributed by atoms with Gasteiger partial charge in [-0.1, -0.05) is 6.07 Å². The van der Waals surface area contributed by atoms with Crippen molar-refractivity contribution in [1.29, 1.82) is 0 Å². The molecule has 0 aliphatic carbocycles. The number of nitrogens with zero attached hydrogens (tertiary/aromatic N) is 1. The fourth-order valence-electron chi connectivity index (χ4n) is 1.03. The van der Waals surface area contributed by atoms with E-state index in [2.05, 4.69) is 4.99 Å². The van der Waals surface area contributed by atoms with Gasteiger partial charge in [0.1, 0.15) is 5.82 Å². The number of aliphatic imine (C=N–C) groups is 1. The van der Waals surface area contributed by atoms with Crippen LogP contribution in [0.5, 0.6) is 0 Å². The topological polar surface area (TPSA) is 12.4 Å². The minimum absolute atomic E-state index is 0.196. The van der Waals surface area contributed by atoms with E-state index in [0.717, 1.165) is 11.3 Å². The van der Waals surface area contributed by atoms with E-state index in [0.29, 0.717) is 5.56 Å². The molecule has 0 radical (unpaired) electrons. The molecule has 1 aromatic carbocycles. The Morgan fingerprint density at radius 1 is 1.42 bits per heavy atom. The maximum absolute atomic E-state index is 13.2. The average molecular weight is 165 g/mol. The van der Waals surface area contributed by atoms with Crippen LogP contribution in [0.25, 0.3) is 0 Å². The fourth-order valence-corrected chi connectivity index (χ4v) is 1.03. The molecule has 64 valence electrons. The van der Waals surface area contributed by atoms with Crippen LogP contribution in [0, 0.1) is 12.7 Å². The van der Waals surface area contributed by atoms with Crippen LogP contribution in [0.4, 0.5) is 4.39 Å². The van der Waals surface area contributed by atoms with Gasteiger partial charge in [-0.3, -0.25) is 4.99 Å². The minimum Gasteiger partial charge on any atom is -0.293 e. The van der Waals surface area contributed by atoms with E-state index < -0.39 is 0 Å². The van der Waals surface area contributed by atoms with Gasteiger partial charge >= 0.3 is 0 Å².